The molecular weight excluding hydrogens is 378 g/mol. The first-order valence-corrected chi connectivity index (χ1v) is 10.00. The molecule has 1 aromatic carbocycles. The molecule has 1 aliphatic rings. The fraction of sp³-hybridized carbons (Fsp3) is 0.261. The van der Waals surface area contributed by atoms with E-state index in [1.807, 2.05) is 30.3 Å². The molecule has 1 fully saturated rings. The molecule has 0 unspecified atom stereocenters. The van der Waals surface area contributed by atoms with Crippen LogP contribution in [0.5, 0.6) is 0 Å². The monoisotopic (exact) mass is 401 g/mol. The number of benzene rings is 1. The van der Waals surface area contributed by atoms with Crippen LogP contribution in [0, 0.1) is 6.92 Å². The lowest BCUT2D eigenvalue weighted by atomic mass is 10.1. The van der Waals surface area contributed by atoms with Gasteiger partial charge >= 0.3 is 0 Å². The lowest BCUT2D eigenvalue weighted by Gasteiger charge is -2.24. The first kappa shape index (κ1) is 19.7. The highest BCUT2D eigenvalue weighted by molar-refractivity contribution is 5.95. The highest BCUT2D eigenvalue weighted by Crippen LogP contribution is 2.31. The third-order valence-corrected chi connectivity index (χ3v) is 5.26. The second kappa shape index (κ2) is 8.82. The van der Waals surface area contributed by atoms with Crippen molar-refractivity contribution in [2.24, 2.45) is 0 Å². The van der Waals surface area contributed by atoms with Crippen LogP contribution in [0.25, 0.3) is 0 Å². The number of aromatic nitrogens is 3. The maximum absolute atomic E-state index is 12.9. The van der Waals surface area contributed by atoms with E-state index in [-0.39, 0.29) is 17.9 Å². The molecule has 1 atom stereocenters. The van der Waals surface area contributed by atoms with Crippen LogP contribution >= 0.6 is 0 Å². The summed E-state index contributed by atoms with van der Waals surface area (Å²) in [6, 6.07) is 13.0. The summed E-state index contributed by atoms with van der Waals surface area (Å²) < 4.78 is 0. The van der Waals surface area contributed by atoms with Gasteiger partial charge in [-0.05, 0) is 37.5 Å². The van der Waals surface area contributed by atoms with E-state index in [1.54, 1.807) is 42.5 Å². The first-order chi connectivity index (χ1) is 14.6. The average molecular weight is 401 g/mol. The van der Waals surface area contributed by atoms with Crippen LogP contribution in [-0.2, 0) is 6.54 Å². The molecule has 7 nitrogen and oxygen atoms in total. The number of nitrogens with zero attached hydrogens (tertiary/aromatic N) is 4. The number of likely N-dealkylation sites (tertiary alicyclic amines) is 1. The molecule has 2 amide bonds. The van der Waals surface area contributed by atoms with E-state index in [2.05, 4.69) is 20.3 Å². The Morgan fingerprint density at radius 1 is 1.13 bits per heavy atom. The van der Waals surface area contributed by atoms with E-state index in [1.165, 1.54) is 0 Å². The highest BCUT2D eigenvalue weighted by atomic mass is 16.2. The molecule has 0 radical (unpaired) electrons. The van der Waals surface area contributed by atoms with Crippen LogP contribution in [0.15, 0.2) is 61.1 Å². The van der Waals surface area contributed by atoms with Gasteiger partial charge in [0.2, 0.25) is 0 Å². The number of nitrogens with one attached hydrogen (secondary N) is 1. The average Bonchev–Trinajstić information content (AvgIpc) is 3.28. The number of carbonyl (C=O) groups excluding carboxylic acids is 2. The second-order valence-corrected chi connectivity index (χ2v) is 7.29. The Labute approximate surface area is 175 Å². The zero-order valence-electron chi connectivity index (χ0n) is 16.8. The standard InChI is InChI=1S/C23H23N5O2/c1-16-19(22(29)26-13-17-7-3-2-4-8-17)15-25-21(27-16)20-10-6-12-28(20)23(30)18-9-5-11-24-14-18/h2-5,7-9,11,14-15,20H,6,10,12-13H2,1H3,(H,26,29)/t20-/m0/s1. The van der Waals surface area contributed by atoms with Gasteiger partial charge in [-0.2, -0.15) is 0 Å². The fourth-order valence-electron chi connectivity index (χ4n) is 3.68. The predicted molar refractivity (Wildman–Crippen MR) is 112 cm³/mol. The van der Waals surface area contributed by atoms with Crippen LogP contribution in [0.1, 0.15) is 56.7 Å². The molecule has 4 rings (SSSR count). The van der Waals surface area contributed by atoms with Gasteiger partial charge in [-0.1, -0.05) is 30.3 Å². The van der Waals surface area contributed by atoms with Gasteiger partial charge in [-0.3, -0.25) is 14.6 Å². The molecule has 0 saturated carbocycles. The number of aryl methyl sites for hydroxylation is 1. The summed E-state index contributed by atoms with van der Waals surface area (Å²) in [7, 11) is 0. The predicted octanol–water partition coefficient (Wildman–Crippen LogP) is 3.09. The summed E-state index contributed by atoms with van der Waals surface area (Å²) in [6.45, 7) is 2.89. The van der Waals surface area contributed by atoms with Crippen LogP contribution in [0.4, 0.5) is 0 Å². The van der Waals surface area contributed by atoms with E-state index in [9.17, 15) is 9.59 Å². The van der Waals surface area contributed by atoms with Crippen molar-refractivity contribution in [3.8, 4) is 0 Å². The van der Waals surface area contributed by atoms with Crippen LogP contribution in [0.2, 0.25) is 0 Å². The van der Waals surface area contributed by atoms with Crippen molar-refractivity contribution >= 4 is 11.8 Å². The van der Waals surface area contributed by atoms with E-state index in [0.29, 0.717) is 35.7 Å². The Balaban J connectivity index is 1.48. The van der Waals surface area contributed by atoms with Gasteiger partial charge in [-0.25, -0.2) is 9.97 Å². The van der Waals surface area contributed by atoms with Crippen molar-refractivity contribution < 1.29 is 9.59 Å². The molecule has 0 spiro atoms. The van der Waals surface area contributed by atoms with Gasteiger partial charge in [0.1, 0.15) is 0 Å². The minimum Gasteiger partial charge on any atom is -0.348 e. The number of hydrogen-bond acceptors (Lipinski definition) is 5. The summed E-state index contributed by atoms with van der Waals surface area (Å²) in [5.41, 5.74) is 2.62. The van der Waals surface area contributed by atoms with Crippen molar-refractivity contribution in [3.05, 3.63) is 89.3 Å². The van der Waals surface area contributed by atoms with Gasteiger partial charge < -0.3 is 10.2 Å². The third-order valence-electron chi connectivity index (χ3n) is 5.26. The summed E-state index contributed by atoms with van der Waals surface area (Å²) in [6.07, 6.45) is 6.46. The second-order valence-electron chi connectivity index (χ2n) is 7.29. The first-order valence-electron chi connectivity index (χ1n) is 10.00. The van der Waals surface area contributed by atoms with Crippen LogP contribution in [0.3, 0.4) is 0 Å². The van der Waals surface area contributed by atoms with E-state index >= 15 is 0 Å². The van der Waals surface area contributed by atoms with Crippen molar-refractivity contribution in [1.82, 2.24) is 25.2 Å². The molecule has 3 heterocycles. The molecule has 152 valence electrons. The number of amides is 2. The zero-order valence-corrected chi connectivity index (χ0v) is 16.8. The number of carbonyl (C=O) groups is 2. The van der Waals surface area contributed by atoms with Crippen LogP contribution < -0.4 is 5.32 Å². The van der Waals surface area contributed by atoms with Crippen molar-refractivity contribution in [1.29, 1.82) is 0 Å². The molecule has 3 aromatic rings. The van der Waals surface area contributed by atoms with Crippen molar-refractivity contribution in [2.45, 2.75) is 32.4 Å². The Kier molecular flexibility index (Phi) is 5.79. The van der Waals surface area contributed by atoms with Gasteiger partial charge in [-0.15, -0.1) is 0 Å². The van der Waals surface area contributed by atoms with Crippen LogP contribution in [-0.4, -0.2) is 38.2 Å². The number of rotatable bonds is 5. The Morgan fingerprint density at radius 3 is 2.70 bits per heavy atom. The lowest BCUT2D eigenvalue weighted by molar-refractivity contribution is 0.0728. The molecule has 0 bridgehead atoms. The quantitative estimate of drug-likeness (QED) is 0.710. The molecule has 7 heteroatoms. The smallest absolute Gasteiger partial charge is 0.256 e. The minimum absolute atomic E-state index is 0.0727. The summed E-state index contributed by atoms with van der Waals surface area (Å²) in [5, 5.41) is 2.90. The van der Waals surface area contributed by atoms with Gasteiger partial charge in [0.05, 0.1) is 22.9 Å². The molecule has 1 N–H and O–H groups in total. The summed E-state index contributed by atoms with van der Waals surface area (Å²) >= 11 is 0. The fourth-order valence-corrected chi connectivity index (χ4v) is 3.68. The summed E-state index contributed by atoms with van der Waals surface area (Å²) in [4.78, 5) is 40.3. The largest absolute Gasteiger partial charge is 0.348 e. The van der Waals surface area contributed by atoms with Crippen molar-refractivity contribution in [2.75, 3.05) is 6.54 Å². The van der Waals surface area contributed by atoms with E-state index < -0.39 is 0 Å². The topological polar surface area (TPSA) is 88.1 Å². The van der Waals surface area contributed by atoms with Gasteiger partial charge in [0.25, 0.3) is 11.8 Å². The molecule has 2 aromatic heterocycles. The maximum atomic E-state index is 12.9. The molecule has 30 heavy (non-hydrogen) atoms. The molecule has 1 saturated heterocycles. The van der Waals surface area contributed by atoms with Gasteiger partial charge in [0.15, 0.2) is 5.82 Å². The molecule has 1 aliphatic heterocycles. The third kappa shape index (κ3) is 4.20. The normalized spacial score (nSPS) is 15.8. The SMILES string of the molecule is Cc1nc([C@@H]2CCCN2C(=O)c2cccnc2)ncc1C(=O)NCc1ccccc1. The molecular formula is C23H23N5O2. The zero-order chi connectivity index (χ0) is 20.9. The Hall–Kier alpha value is -3.61. The Morgan fingerprint density at radius 2 is 1.97 bits per heavy atom. The lowest BCUT2D eigenvalue weighted by Crippen LogP contribution is -2.32. The highest BCUT2D eigenvalue weighted by Gasteiger charge is 2.33. The van der Waals surface area contributed by atoms with E-state index in [4.69, 9.17) is 0 Å². The van der Waals surface area contributed by atoms with Gasteiger partial charge in [0, 0.05) is 31.7 Å². The van der Waals surface area contributed by atoms with Crippen molar-refractivity contribution in [3.63, 3.8) is 0 Å². The minimum atomic E-state index is -0.211. The Bertz CT molecular complexity index is 1040. The number of pyridine rings is 1. The number of hydrogen-bond donors (Lipinski definition) is 1. The summed E-state index contributed by atoms with van der Waals surface area (Å²) in [5.74, 6) is 0.288. The maximum Gasteiger partial charge on any atom is 0.256 e. The van der Waals surface area contributed by atoms with E-state index in [0.717, 1.165) is 18.4 Å². The molecule has 0 aliphatic carbocycles.